The molecule has 1 aliphatic carbocycles. The zero-order chi connectivity index (χ0) is 14.2. The molecule has 0 spiro atoms. The molecule has 0 aliphatic heterocycles. The van der Waals surface area contributed by atoms with Crippen molar-refractivity contribution in [1.29, 1.82) is 0 Å². The molecule has 1 fully saturated rings. The first-order chi connectivity index (χ1) is 9.60. The van der Waals surface area contributed by atoms with E-state index in [0.29, 0.717) is 24.0 Å². The molecule has 3 rings (SSSR count). The molecule has 1 aliphatic rings. The molecule has 20 heavy (non-hydrogen) atoms. The average Bonchev–Trinajstić information content (AvgIpc) is 2.98. The summed E-state index contributed by atoms with van der Waals surface area (Å²) in [6, 6.07) is 4.01. The Kier molecular flexibility index (Phi) is 3.68. The van der Waals surface area contributed by atoms with Crippen LogP contribution in [0.15, 0.2) is 34.0 Å². The van der Waals surface area contributed by atoms with Crippen molar-refractivity contribution in [2.45, 2.75) is 36.9 Å². The van der Waals surface area contributed by atoms with Gasteiger partial charge >= 0.3 is 0 Å². The lowest BCUT2D eigenvalue weighted by molar-refractivity contribution is 0.581. The SMILES string of the molecule is NCc1cc(S(=O)(=O)NCc2ccsc2)cn1C1CC1. The normalized spacial score (nSPS) is 15.7. The Hall–Kier alpha value is -1.15. The minimum Gasteiger partial charge on any atom is -0.346 e. The van der Waals surface area contributed by atoms with Crippen LogP contribution in [0, 0.1) is 0 Å². The maximum atomic E-state index is 12.3. The van der Waals surface area contributed by atoms with Crippen LogP contribution >= 0.6 is 11.3 Å². The van der Waals surface area contributed by atoms with Crippen LogP contribution in [-0.2, 0) is 23.1 Å². The minimum atomic E-state index is -3.48. The lowest BCUT2D eigenvalue weighted by Crippen LogP contribution is -2.22. The molecule has 0 amide bonds. The van der Waals surface area contributed by atoms with Gasteiger partial charge in [-0.3, -0.25) is 0 Å². The van der Waals surface area contributed by atoms with Gasteiger partial charge < -0.3 is 10.3 Å². The Bertz CT molecular complexity index is 685. The second-order valence-corrected chi connectivity index (χ2v) is 7.51. The van der Waals surface area contributed by atoms with Gasteiger partial charge in [-0.2, -0.15) is 11.3 Å². The van der Waals surface area contributed by atoms with Crippen molar-refractivity contribution in [1.82, 2.24) is 9.29 Å². The number of hydrogen-bond acceptors (Lipinski definition) is 4. The zero-order valence-corrected chi connectivity index (χ0v) is 12.6. The molecule has 2 aromatic rings. The highest BCUT2D eigenvalue weighted by Crippen LogP contribution is 2.37. The zero-order valence-electron chi connectivity index (χ0n) is 11.0. The van der Waals surface area contributed by atoms with Crippen LogP contribution in [0.1, 0.15) is 30.1 Å². The van der Waals surface area contributed by atoms with Gasteiger partial charge in [-0.05, 0) is 41.3 Å². The second-order valence-electron chi connectivity index (χ2n) is 4.97. The highest BCUT2D eigenvalue weighted by atomic mass is 32.2. The lowest BCUT2D eigenvalue weighted by Gasteiger charge is -2.04. The molecule has 2 aromatic heterocycles. The molecule has 0 saturated heterocycles. The fourth-order valence-electron chi connectivity index (χ4n) is 2.15. The number of nitrogens with zero attached hydrogens (tertiary/aromatic N) is 1. The monoisotopic (exact) mass is 311 g/mol. The number of aromatic nitrogens is 1. The van der Waals surface area contributed by atoms with E-state index in [1.807, 2.05) is 21.4 Å². The molecule has 3 N–H and O–H groups in total. The Morgan fingerprint density at radius 1 is 1.45 bits per heavy atom. The third kappa shape index (κ3) is 2.80. The van der Waals surface area contributed by atoms with Gasteiger partial charge in [-0.15, -0.1) is 0 Å². The standard InChI is InChI=1S/C13H17N3O2S2/c14-6-12-5-13(8-16(12)11-1-2-11)20(17,18)15-7-10-3-4-19-9-10/h3-5,8-9,11,15H,1-2,6-7,14H2. The van der Waals surface area contributed by atoms with Crippen molar-refractivity contribution < 1.29 is 8.42 Å². The number of rotatable bonds is 6. The summed E-state index contributed by atoms with van der Waals surface area (Å²) in [7, 11) is -3.48. The van der Waals surface area contributed by atoms with E-state index in [-0.39, 0.29) is 0 Å². The van der Waals surface area contributed by atoms with Crippen molar-refractivity contribution in [3.63, 3.8) is 0 Å². The van der Waals surface area contributed by atoms with Crippen LogP contribution in [0.4, 0.5) is 0 Å². The fourth-order valence-corrected chi connectivity index (χ4v) is 3.89. The molecule has 108 valence electrons. The van der Waals surface area contributed by atoms with Gasteiger partial charge in [0.25, 0.3) is 0 Å². The summed E-state index contributed by atoms with van der Waals surface area (Å²) < 4.78 is 29.2. The van der Waals surface area contributed by atoms with Gasteiger partial charge in [0.15, 0.2) is 0 Å². The average molecular weight is 311 g/mol. The van der Waals surface area contributed by atoms with Gasteiger partial charge in [0.1, 0.15) is 0 Å². The van der Waals surface area contributed by atoms with Crippen molar-refractivity contribution in [2.75, 3.05) is 0 Å². The molecular weight excluding hydrogens is 294 g/mol. The molecule has 2 heterocycles. The summed E-state index contributed by atoms with van der Waals surface area (Å²) in [5.74, 6) is 0. The Morgan fingerprint density at radius 2 is 2.25 bits per heavy atom. The van der Waals surface area contributed by atoms with E-state index < -0.39 is 10.0 Å². The molecule has 0 radical (unpaired) electrons. The van der Waals surface area contributed by atoms with Crippen LogP contribution in [0.25, 0.3) is 0 Å². The molecule has 7 heteroatoms. The van der Waals surface area contributed by atoms with E-state index in [1.165, 1.54) is 0 Å². The first-order valence-corrected chi connectivity index (χ1v) is 8.94. The molecule has 1 saturated carbocycles. The Morgan fingerprint density at radius 3 is 2.85 bits per heavy atom. The van der Waals surface area contributed by atoms with Crippen LogP contribution in [-0.4, -0.2) is 13.0 Å². The topological polar surface area (TPSA) is 77.1 Å². The van der Waals surface area contributed by atoms with Gasteiger partial charge in [-0.1, -0.05) is 0 Å². The van der Waals surface area contributed by atoms with E-state index in [1.54, 1.807) is 23.6 Å². The van der Waals surface area contributed by atoms with Crippen molar-refractivity contribution in [2.24, 2.45) is 5.73 Å². The second kappa shape index (κ2) is 5.33. The van der Waals surface area contributed by atoms with Crippen LogP contribution in [0.2, 0.25) is 0 Å². The van der Waals surface area contributed by atoms with E-state index in [2.05, 4.69) is 4.72 Å². The molecule has 5 nitrogen and oxygen atoms in total. The number of nitrogens with two attached hydrogens (primary N) is 1. The van der Waals surface area contributed by atoms with Gasteiger partial charge in [0, 0.05) is 31.0 Å². The molecule has 0 bridgehead atoms. The minimum absolute atomic E-state index is 0.306. The number of sulfonamides is 1. The summed E-state index contributed by atoms with van der Waals surface area (Å²) in [5, 5.41) is 3.86. The first kappa shape index (κ1) is 13.8. The quantitative estimate of drug-likeness (QED) is 0.854. The third-order valence-corrected chi connectivity index (χ3v) is 5.51. The predicted octanol–water partition coefficient (Wildman–Crippen LogP) is 1.82. The molecule has 0 unspecified atom stereocenters. The van der Waals surface area contributed by atoms with Crippen molar-refractivity contribution in [3.05, 3.63) is 40.3 Å². The molecule has 0 aromatic carbocycles. The summed E-state index contributed by atoms with van der Waals surface area (Å²) in [6.45, 7) is 0.676. The summed E-state index contributed by atoms with van der Waals surface area (Å²) in [4.78, 5) is 0.306. The Balaban J connectivity index is 1.79. The maximum absolute atomic E-state index is 12.3. The molecular formula is C13H17N3O2S2. The lowest BCUT2D eigenvalue weighted by atomic mass is 10.4. The Labute approximate surface area is 122 Å². The molecule has 0 atom stereocenters. The number of thiophene rings is 1. The van der Waals surface area contributed by atoms with Crippen LogP contribution < -0.4 is 10.5 Å². The van der Waals surface area contributed by atoms with Gasteiger partial charge in [0.05, 0.1) is 4.90 Å². The largest absolute Gasteiger partial charge is 0.346 e. The van der Waals surface area contributed by atoms with Gasteiger partial charge in [0.2, 0.25) is 10.0 Å². The van der Waals surface area contributed by atoms with E-state index in [9.17, 15) is 8.42 Å². The maximum Gasteiger partial charge on any atom is 0.242 e. The third-order valence-electron chi connectivity index (χ3n) is 3.41. The van der Waals surface area contributed by atoms with E-state index in [0.717, 1.165) is 24.1 Å². The highest BCUT2D eigenvalue weighted by molar-refractivity contribution is 7.89. The predicted molar refractivity (Wildman–Crippen MR) is 78.9 cm³/mol. The first-order valence-electron chi connectivity index (χ1n) is 6.52. The van der Waals surface area contributed by atoms with Crippen molar-refractivity contribution in [3.8, 4) is 0 Å². The fraction of sp³-hybridized carbons (Fsp3) is 0.385. The van der Waals surface area contributed by atoms with Gasteiger partial charge in [-0.25, -0.2) is 13.1 Å². The van der Waals surface area contributed by atoms with Crippen molar-refractivity contribution >= 4 is 21.4 Å². The number of nitrogens with one attached hydrogen (secondary N) is 1. The smallest absolute Gasteiger partial charge is 0.242 e. The highest BCUT2D eigenvalue weighted by Gasteiger charge is 2.27. The number of hydrogen-bond donors (Lipinski definition) is 2. The summed E-state index contributed by atoms with van der Waals surface area (Å²) >= 11 is 1.55. The van der Waals surface area contributed by atoms with Crippen LogP contribution in [0.3, 0.4) is 0 Å². The van der Waals surface area contributed by atoms with E-state index >= 15 is 0 Å². The summed E-state index contributed by atoms with van der Waals surface area (Å²) in [6.07, 6.45) is 3.91. The van der Waals surface area contributed by atoms with Crippen LogP contribution in [0.5, 0.6) is 0 Å². The van der Waals surface area contributed by atoms with E-state index in [4.69, 9.17) is 5.73 Å². The summed E-state index contributed by atoms with van der Waals surface area (Å²) in [5.41, 5.74) is 7.54.